The number of carbonyl (C=O) groups excluding carboxylic acids is 2. The molecule has 76 valence electrons. The molecule has 13 heavy (non-hydrogen) atoms. The summed E-state index contributed by atoms with van der Waals surface area (Å²) in [7, 11) is 0. The van der Waals surface area contributed by atoms with Crippen molar-refractivity contribution in [2.75, 3.05) is 13.1 Å². The summed E-state index contributed by atoms with van der Waals surface area (Å²) in [5, 5.41) is 12.8. The first kappa shape index (κ1) is 11.7. The van der Waals surface area contributed by atoms with E-state index in [-0.39, 0.29) is 12.5 Å². The van der Waals surface area contributed by atoms with Crippen molar-refractivity contribution in [1.29, 1.82) is 0 Å². The summed E-state index contributed by atoms with van der Waals surface area (Å²) in [5.41, 5.74) is 1.36. The quantitative estimate of drug-likeness (QED) is 0.269. The summed E-state index contributed by atoms with van der Waals surface area (Å²) in [6.45, 7) is 2.50. The molecule has 0 spiro atoms. The third kappa shape index (κ3) is 7.07. The molecule has 0 saturated heterocycles. The maximum absolute atomic E-state index is 10.9. The summed E-state index contributed by atoms with van der Waals surface area (Å²) >= 11 is 0. The zero-order valence-electron chi connectivity index (χ0n) is 7.59. The van der Waals surface area contributed by atoms with Crippen molar-refractivity contribution >= 4 is 11.9 Å². The molecule has 6 nitrogen and oxygen atoms in total. The molecular formula is C7H15N3O3. The highest BCUT2D eigenvalue weighted by Crippen LogP contribution is 1.81. The lowest BCUT2D eigenvalue weighted by atomic mass is 10.3. The van der Waals surface area contributed by atoms with Crippen LogP contribution < -0.4 is 16.1 Å². The highest BCUT2D eigenvalue weighted by molar-refractivity contribution is 5.83. The van der Waals surface area contributed by atoms with Gasteiger partial charge in [-0.15, -0.1) is 0 Å². The van der Waals surface area contributed by atoms with E-state index in [1.54, 1.807) is 0 Å². The smallest absolute Gasteiger partial charge is 0.338 e. The van der Waals surface area contributed by atoms with Crippen LogP contribution in [0.2, 0.25) is 0 Å². The molecule has 0 unspecified atom stereocenters. The summed E-state index contributed by atoms with van der Waals surface area (Å²) < 4.78 is 0. The summed E-state index contributed by atoms with van der Waals surface area (Å²) in [6, 6.07) is -0.786. The zero-order valence-corrected chi connectivity index (χ0v) is 7.59. The lowest BCUT2D eigenvalue weighted by Crippen LogP contribution is -2.41. The lowest BCUT2D eigenvalue weighted by Gasteiger charge is -2.04. The maximum atomic E-state index is 10.9. The van der Waals surface area contributed by atoms with Crippen molar-refractivity contribution in [3.63, 3.8) is 0 Å². The van der Waals surface area contributed by atoms with Crippen molar-refractivity contribution in [3.8, 4) is 0 Å². The van der Waals surface area contributed by atoms with Gasteiger partial charge in [-0.05, 0) is 6.42 Å². The minimum absolute atomic E-state index is 0.129. The lowest BCUT2D eigenvalue weighted by molar-refractivity contribution is -0.120. The Morgan fingerprint density at radius 1 is 1.31 bits per heavy atom. The molecular weight excluding hydrogens is 174 g/mol. The van der Waals surface area contributed by atoms with Crippen LogP contribution in [0.1, 0.15) is 19.8 Å². The SMILES string of the molecule is CCCCNC(=O)CNC(=O)NO. The minimum Gasteiger partial charge on any atom is -0.355 e. The summed E-state index contributed by atoms with van der Waals surface area (Å²) in [5.74, 6) is -0.267. The number of hydroxylamine groups is 1. The first-order valence-electron chi connectivity index (χ1n) is 4.15. The predicted molar refractivity (Wildman–Crippen MR) is 46.2 cm³/mol. The van der Waals surface area contributed by atoms with Crippen LogP contribution in [0.3, 0.4) is 0 Å². The van der Waals surface area contributed by atoms with Crippen molar-refractivity contribution in [1.82, 2.24) is 16.1 Å². The van der Waals surface area contributed by atoms with Crippen molar-refractivity contribution in [2.45, 2.75) is 19.8 Å². The Hall–Kier alpha value is -1.30. The van der Waals surface area contributed by atoms with Crippen molar-refractivity contribution in [3.05, 3.63) is 0 Å². The van der Waals surface area contributed by atoms with Gasteiger partial charge in [-0.3, -0.25) is 10.0 Å². The standard InChI is InChI=1S/C7H15N3O3/c1-2-3-4-8-6(11)5-9-7(12)10-13/h13H,2-5H2,1H3,(H,8,11)(H2,9,10,12). The molecule has 0 saturated carbocycles. The Morgan fingerprint density at radius 2 is 2.00 bits per heavy atom. The van der Waals surface area contributed by atoms with E-state index in [0.29, 0.717) is 6.54 Å². The van der Waals surface area contributed by atoms with E-state index in [0.717, 1.165) is 12.8 Å². The van der Waals surface area contributed by atoms with E-state index >= 15 is 0 Å². The first-order valence-corrected chi connectivity index (χ1v) is 4.15. The molecule has 0 aromatic heterocycles. The molecule has 3 amide bonds. The molecule has 0 aliphatic rings. The number of carbonyl (C=O) groups is 2. The Labute approximate surface area is 76.6 Å². The number of hydrogen-bond donors (Lipinski definition) is 4. The van der Waals surface area contributed by atoms with Crippen LogP contribution in [0.5, 0.6) is 0 Å². The van der Waals surface area contributed by atoms with Crippen LogP contribution in [-0.2, 0) is 4.79 Å². The second-order valence-corrected chi connectivity index (χ2v) is 2.50. The van der Waals surface area contributed by atoms with Gasteiger partial charge in [0.1, 0.15) is 0 Å². The van der Waals surface area contributed by atoms with Gasteiger partial charge >= 0.3 is 6.03 Å². The van der Waals surface area contributed by atoms with Crippen LogP contribution in [0.25, 0.3) is 0 Å². The monoisotopic (exact) mass is 189 g/mol. The first-order chi connectivity index (χ1) is 6.20. The van der Waals surface area contributed by atoms with Gasteiger partial charge < -0.3 is 10.6 Å². The van der Waals surface area contributed by atoms with E-state index in [4.69, 9.17) is 5.21 Å². The van der Waals surface area contributed by atoms with Crippen LogP contribution in [0.4, 0.5) is 4.79 Å². The second-order valence-electron chi connectivity index (χ2n) is 2.50. The van der Waals surface area contributed by atoms with Gasteiger partial charge in [-0.2, -0.15) is 0 Å². The normalized spacial score (nSPS) is 9.08. The molecule has 0 bridgehead atoms. The molecule has 0 atom stereocenters. The zero-order chi connectivity index (χ0) is 10.1. The van der Waals surface area contributed by atoms with E-state index in [2.05, 4.69) is 10.6 Å². The Kier molecular flexibility index (Phi) is 6.62. The molecule has 0 aliphatic heterocycles. The van der Waals surface area contributed by atoms with Gasteiger partial charge in [0, 0.05) is 6.54 Å². The van der Waals surface area contributed by atoms with Gasteiger partial charge in [0.2, 0.25) is 5.91 Å². The third-order valence-corrected chi connectivity index (χ3v) is 1.36. The van der Waals surface area contributed by atoms with Crippen LogP contribution >= 0.6 is 0 Å². The fourth-order valence-electron chi connectivity index (χ4n) is 0.667. The molecule has 0 aliphatic carbocycles. The molecule has 0 heterocycles. The van der Waals surface area contributed by atoms with Crippen LogP contribution in [-0.4, -0.2) is 30.2 Å². The number of unbranched alkanes of at least 4 members (excludes halogenated alkanes) is 1. The number of rotatable bonds is 5. The molecule has 0 aromatic carbocycles. The van der Waals surface area contributed by atoms with E-state index in [1.807, 2.05) is 6.92 Å². The highest BCUT2D eigenvalue weighted by Gasteiger charge is 2.02. The van der Waals surface area contributed by atoms with Gasteiger partial charge in [0.05, 0.1) is 6.54 Å². The number of hydrogen-bond acceptors (Lipinski definition) is 3. The van der Waals surface area contributed by atoms with E-state index < -0.39 is 6.03 Å². The average molecular weight is 189 g/mol. The molecule has 0 aromatic rings. The predicted octanol–water partition coefficient (Wildman–Crippen LogP) is -0.409. The minimum atomic E-state index is -0.786. The Morgan fingerprint density at radius 3 is 2.54 bits per heavy atom. The van der Waals surface area contributed by atoms with Crippen molar-refractivity contribution < 1.29 is 14.8 Å². The fraction of sp³-hybridized carbons (Fsp3) is 0.714. The van der Waals surface area contributed by atoms with Gasteiger partial charge in [-0.1, -0.05) is 13.3 Å². The fourth-order valence-corrected chi connectivity index (χ4v) is 0.667. The van der Waals surface area contributed by atoms with Crippen LogP contribution in [0, 0.1) is 0 Å². The molecule has 0 fully saturated rings. The van der Waals surface area contributed by atoms with Gasteiger partial charge in [0.15, 0.2) is 0 Å². The molecule has 0 radical (unpaired) electrons. The second kappa shape index (κ2) is 7.35. The van der Waals surface area contributed by atoms with Gasteiger partial charge in [-0.25, -0.2) is 10.3 Å². The highest BCUT2D eigenvalue weighted by atomic mass is 16.5. The Bertz CT molecular complexity index is 172. The maximum Gasteiger partial charge on any atom is 0.338 e. The summed E-state index contributed by atoms with van der Waals surface area (Å²) in [6.07, 6.45) is 1.92. The number of amides is 3. The van der Waals surface area contributed by atoms with Gasteiger partial charge in [0.25, 0.3) is 0 Å². The Balaban J connectivity index is 3.35. The van der Waals surface area contributed by atoms with Crippen molar-refractivity contribution in [2.24, 2.45) is 0 Å². The molecule has 6 heteroatoms. The van der Waals surface area contributed by atoms with Crippen LogP contribution in [0.15, 0.2) is 0 Å². The van der Waals surface area contributed by atoms with E-state index in [1.165, 1.54) is 5.48 Å². The largest absolute Gasteiger partial charge is 0.355 e. The van der Waals surface area contributed by atoms with E-state index in [9.17, 15) is 9.59 Å². The third-order valence-electron chi connectivity index (χ3n) is 1.36. The summed E-state index contributed by atoms with van der Waals surface area (Å²) in [4.78, 5) is 21.3. The molecule has 0 rings (SSSR count). The average Bonchev–Trinajstić information content (AvgIpc) is 2.14. The number of nitrogens with one attached hydrogen (secondary N) is 3. The molecule has 4 N–H and O–H groups in total. The topological polar surface area (TPSA) is 90.5 Å². The number of urea groups is 1.